The lowest BCUT2D eigenvalue weighted by Crippen LogP contribution is -2.55. The topological polar surface area (TPSA) is 114 Å². The molecule has 0 saturated carbocycles. The van der Waals surface area contributed by atoms with E-state index in [-0.39, 0.29) is 19.1 Å². The molecule has 0 bridgehead atoms. The lowest BCUT2D eigenvalue weighted by atomic mass is 9.98. The first kappa shape index (κ1) is 25.9. The van der Waals surface area contributed by atoms with Gasteiger partial charge in [0.15, 0.2) is 0 Å². The van der Waals surface area contributed by atoms with Crippen molar-refractivity contribution in [2.75, 3.05) is 6.61 Å². The average Bonchev–Trinajstić information content (AvgIpc) is 3.23. The molecule has 37 heavy (non-hydrogen) atoms. The van der Waals surface area contributed by atoms with Gasteiger partial charge in [-0.15, -0.1) is 0 Å². The number of hydrogen-bond donors (Lipinski definition) is 3. The number of carboxylic acids is 1. The van der Waals surface area contributed by atoms with Gasteiger partial charge in [-0.3, -0.25) is 9.59 Å². The molecular weight excluding hydrogens is 472 g/mol. The number of ether oxygens (including phenoxy) is 2. The summed E-state index contributed by atoms with van der Waals surface area (Å²) < 4.78 is 11.4. The Balaban J connectivity index is 1.43. The maximum Gasteiger partial charge on any atom is 0.407 e. The van der Waals surface area contributed by atoms with Crippen molar-refractivity contribution in [1.29, 1.82) is 0 Å². The number of hydrogen-bond acceptors (Lipinski definition) is 5. The first-order valence-corrected chi connectivity index (χ1v) is 12.2. The van der Waals surface area contributed by atoms with E-state index in [1.165, 1.54) is 6.92 Å². The molecule has 2 amide bonds. The van der Waals surface area contributed by atoms with E-state index < -0.39 is 36.2 Å². The van der Waals surface area contributed by atoms with E-state index in [0.717, 1.165) is 27.8 Å². The number of alkyl carbamates (subject to hydrolysis) is 1. The minimum Gasteiger partial charge on any atom is -0.480 e. The van der Waals surface area contributed by atoms with Crippen LogP contribution in [0.3, 0.4) is 0 Å². The van der Waals surface area contributed by atoms with Crippen LogP contribution in [-0.4, -0.2) is 47.9 Å². The van der Waals surface area contributed by atoms with E-state index >= 15 is 0 Å². The Kier molecular flexibility index (Phi) is 8.20. The zero-order chi connectivity index (χ0) is 26.4. The second kappa shape index (κ2) is 11.7. The maximum atomic E-state index is 12.9. The Hall–Kier alpha value is -4.17. The molecule has 3 aromatic rings. The normalized spacial score (nSPS) is 14.5. The summed E-state index contributed by atoms with van der Waals surface area (Å²) in [6, 6.07) is 23.1. The smallest absolute Gasteiger partial charge is 0.407 e. The molecule has 1 aliphatic carbocycles. The Morgan fingerprint density at radius 2 is 1.41 bits per heavy atom. The van der Waals surface area contributed by atoms with E-state index in [4.69, 9.17) is 9.47 Å². The third-order valence-electron chi connectivity index (χ3n) is 6.45. The Bertz CT molecular complexity index is 1220. The molecule has 3 atom stereocenters. The monoisotopic (exact) mass is 502 g/mol. The van der Waals surface area contributed by atoms with E-state index in [1.54, 1.807) is 6.92 Å². The number of rotatable bonds is 10. The van der Waals surface area contributed by atoms with Gasteiger partial charge >= 0.3 is 12.1 Å². The van der Waals surface area contributed by atoms with Crippen LogP contribution in [0.5, 0.6) is 0 Å². The number of benzene rings is 3. The van der Waals surface area contributed by atoms with Crippen LogP contribution in [-0.2, 0) is 25.7 Å². The molecule has 3 N–H and O–H groups in total. The number of carboxylic acid groups (broad SMARTS) is 1. The summed E-state index contributed by atoms with van der Waals surface area (Å²) in [4.78, 5) is 37.0. The quantitative estimate of drug-likeness (QED) is 0.385. The number of nitrogens with one attached hydrogen (secondary N) is 2. The summed E-state index contributed by atoms with van der Waals surface area (Å²) in [5, 5.41) is 14.2. The van der Waals surface area contributed by atoms with Gasteiger partial charge in [0.05, 0.1) is 12.7 Å². The highest BCUT2D eigenvalue weighted by atomic mass is 16.5. The minimum absolute atomic E-state index is 0.0823. The number of aliphatic carboxylic acids is 1. The highest BCUT2D eigenvalue weighted by molar-refractivity contribution is 5.89. The molecule has 4 rings (SSSR count). The van der Waals surface area contributed by atoms with Gasteiger partial charge in [0, 0.05) is 5.92 Å². The largest absolute Gasteiger partial charge is 0.480 e. The molecule has 0 fully saturated rings. The molecule has 0 aliphatic heterocycles. The zero-order valence-electron chi connectivity index (χ0n) is 20.7. The number of carbonyl (C=O) groups excluding carboxylic acids is 2. The third-order valence-corrected chi connectivity index (χ3v) is 6.45. The molecule has 2 unspecified atom stereocenters. The van der Waals surface area contributed by atoms with Crippen LogP contribution in [0, 0.1) is 0 Å². The molecule has 0 radical (unpaired) electrons. The first-order valence-electron chi connectivity index (χ1n) is 12.2. The Morgan fingerprint density at radius 1 is 0.838 bits per heavy atom. The number of fused-ring (bicyclic) bond motifs is 3. The summed E-state index contributed by atoms with van der Waals surface area (Å²) >= 11 is 0. The standard InChI is InChI=1S/C29H30N2O6/c1-18(28(33)34)30-27(32)26(19(2)36-16-20-10-4-3-5-11-20)31-29(35)37-17-25-23-14-8-6-12-21(23)22-13-7-9-15-24(22)25/h3-15,18-19,25-26H,16-17H2,1-2H3,(H,30,32)(H,31,35)(H,33,34)/t18-,19?,26?/m0/s1. The van der Waals surface area contributed by atoms with Gasteiger partial charge in [-0.05, 0) is 41.7 Å². The number of carbonyl (C=O) groups is 3. The van der Waals surface area contributed by atoms with Crippen LogP contribution in [0.2, 0.25) is 0 Å². The first-order chi connectivity index (χ1) is 17.8. The van der Waals surface area contributed by atoms with Crippen molar-refractivity contribution >= 4 is 18.0 Å². The van der Waals surface area contributed by atoms with E-state index in [9.17, 15) is 19.5 Å². The van der Waals surface area contributed by atoms with Gasteiger partial charge in [0.1, 0.15) is 18.7 Å². The molecule has 0 heterocycles. The molecule has 8 heteroatoms. The summed E-state index contributed by atoms with van der Waals surface area (Å²) in [7, 11) is 0. The summed E-state index contributed by atoms with van der Waals surface area (Å²) in [5.41, 5.74) is 5.25. The summed E-state index contributed by atoms with van der Waals surface area (Å²) in [5.74, 6) is -2.00. The molecule has 192 valence electrons. The highest BCUT2D eigenvalue weighted by Crippen LogP contribution is 2.44. The van der Waals surface area contributed by atoms with Crippen LogP contribution in [0.25, 0.3) is 11.1 Å². The lowest BCUT2D eigenvalue weighted by Gasteiger charge is -2.25. The van der Waals surface area contributed by atoms with E-state index in [1.807, 2.05) is 78.9 Å². The minimum atomic E-state index is -1.19. The molecule has 1 aliphatic rings. The molecule has 0 aromatic heterocycles. The summed E-state index contributed by atoms with van der Waals surface area (Å²) in [6.07, 6.45) is -1.55. The fourth-order valence-electron chi connectivity index (χ4n) is 4.43. The van der Waals surface area contributed by atoms with Crippen LogP contribution in [0.1, 0.15) is 36.5 Å². The van der Waals surface area contributed by atoms with Gasteiger partial charge in [-0.1, -0.05) is 78.9 Å². The van der Waals surface area contributed by atoms with Crippen molar-refractivity contribution in [3.8, 4) is 11.1 Å². The Labute approximate surface area is 215 Å². The predicted octanol–water partition coefficient (Wildman–Crippen LogP) is 4.09. The maximum absolute atomic E-state index is 12.9. The van der Waals surface area contributed by atoms with Crippen molar-refractivity contribution in [2.24, 2.45) is 0 Å². The van der Waals surface area contributed by atoms with Crippen LogP contribution in [0.4, 0.5) is 4.79 Å². The Morgan fingerprint density at radius 3 is 2.00 bits per heavy atom. The third kappa shape index (κ3) is 6.16. The van der Waals surface area contributed by atoms with Crippen LogP contribution in [0.15, 0.2) is 78.9 Å². The lowest BCUT2D eigenvalue weighted by molar-refractivity contribution is -0.142. The van der Waals surface area contributed by atoms with E-state index in [0.29, 0.717) is 0 Å². The van der Waals surface area contributed by atoms with Gasteiger partial charge in [0.2, 0.25) is 5.91 Å². The van der Waals surface area contributed by atoms with Gasteiger partial charge in [-0.25, -0.2) is 4.79 Å². The molecular formula is C29H30N2O6. The molecule has 8 nitrogen and oxygen atoms in total. The van der Waals surface area contributed by atoms with Crippen molar-refractivity contribution in [1.82, 2.24) is 10.6 Å². The van der Waals surface area contributed by atoms with Crippen molar-refractivity contribution in [2.45, 2.75) is 44.6 Å². The number of amides is 2. The SMILES string of the molecule is CC(OCc1ccccc1)C(NC(=O)OCC1c2ccccc2-c2ccccc21)C(=O)N[C@@H](C)C(=O)O. The van der Waals surface area contributed by atoms with Crippen molar-refractivity contribution < 1.29 is 29.0 Å². The fourth-order valence-corrected chi connectivity index (χ4v) is 4.43. The van der Waals surface area contributed by atoms with E-state index in [2.05, 4.69) is 10.6 Å². The van der Waals surface area contributed by atoms with Gasteiger partial charge in [-0.2, -0.15) is 0 Å². The molecule has 0 saturated heterocycles. The fraction of sp³-hybridized carbons (Fsp3) is 0.276. The summed E-state index contributed by atoms with van der Waals surface area (Å²) in [6.45, 7) is 3.29. The second-order valence-electron chi connectivity index (χ2n) is 9.02. The molecule has 3 aromatic carbocycles. The van der Waals surface area contributed by atoms with Gasteiger partial charge < -0.3 is 25.2 Å². The van der Waals surface area contributed by atoms with Crippen molar-refractivity contribution in [3.05, 3.63) is 95.6 Å². The average molecular weight is 503 g/mol. The van der Waals surface area contributed by atoms with Crippen molar-refractivity contribution in [3.63, 3.8) is 0 Å². The van der Waals surface area contributed by atoms with Crippen LogP contribution >= 0.6 is 0 Å². The molecule has 0 spiro atoms. The van der Waals surface area contributed by atoms with Crippen LogP contribution < -0.4 is 10.6 Å². The van der Waals surface area contributed by atoms with Gasteiger partial charge in [0.25, 0.3) is 0 Å². The second-order valence-corrected chi connectivity index (χ2v) is 9.02. The zero-order valence-corrected chi connectivity index (χ0v) is 20.7. The highest BCUT2D eigenvalue weighted by Gasteiger charge is 2.32. The predicted molar refractivity (Wildman–Crippen MR) is 138 cm³/mol.